The zero-order valence-corrected chi connectivity index (χ0v) is 25.6. The molecule has 240 valence electrons. The minimum Gasteiger partial charge on any atom is -0.493 e. The van der Waals surface area contributed by atoms with Crippen LogP contribution in [-0.2, 0) is 14.3 Å². The van der Waals surface area contributed by atoms with Crippen LogP contribution in [0.15, 0.2) is 12.1 Å². The third-order valence-corrected chi connectivity index (χ3v) is 8.04. The summed E-state index contributed by atoms with van der Waals surface area (Å²) in [5.74, 6) is 0.888. The van der Waals surface area contributed by atoms with E-state index in [1.165, 1.54) is 14.2 Å². The van der Waals surface area contributed by atoms with Gasteiger partial charge in [0.15, 0.2) is 11.5 Å². The first-order chi connectivity index (χ1) is 21.0. The van der Waals surface area contributed by atoms with Gasteiger partial charge in [-0.1, -0.05) is 0 Å². The standard InChI is InChI=1S/C30H47N5O8/c1-39-25-20-23-21-26(28(25)40-2)42-17-3-6-24(43-30(38)32-22-27(36)35-15-18-41-19-16-35)7-12-34-11-5-10-33(13-14-34)9-4-8-31-29(23)37/h20-21,24H,3-19,22H2,1-2H3,(H,31,37)(H,32,38). The highest BCUT2D eigenvalue weighted by Gasteiger charge is 2.22. The lowest BCUT2D eigenvalue weighted by Crippen LogP contribution is -2.46. The summed E-state index contributed by atoms with van der Waals surface area (Å²) in [6, 6.07) is 3.32. The Labute approximate surface area is 254 Å². The van der Waals surface area contributed by atoms with Crippen LogP contribution >= 0.6 is 0 Å². The van der Waals surface area contributed by atoms with Gasteiger partial charge in [-0.05, 0) is 63.9 Å². The minimum atomic E-state index is -0.599. The molecular formula is C30H47N5O8. The number of carbonyl (C=O) groups excluding carboxylic acids is 3. The number of amides is 3. The SMILES string of the molecule is COc1cc2cc(c1OC)OCCCC(OC(=O)NCC(=O)N1CCOCC1)CCN1CCCN(CCCNC2=O)CC1. The average Bonchev–Trinajstić information content (AvgIpc) is 3.27. The van der Waals surface area contributed by atoms with E-state index in [-0.39, 0.29) is 24.5 Å². The number of hydrogen-bond acceptors (Lipinski definition) is 10. The van der Waals surface area contributed by atoms with Gasteiger partial charge in [0.05, 0.1) is 34.0 Å². The lowest BCUT2D eigenvalue weighted by molar-refractivity contribution is -0.134. The molecule has 3 atom stereocenters. The summed E-state index contributed by atoms with van der Waals surface area (Å²) >= 11 is 0. The second kappa shape index (κ2) is 17.1. The Morgan fingerprint density at radius 1 is 0.907 bits per heavy atom. The Morgan fingerprint density at radius 2 is 1.65 bits per heavy atom. The molecular weight excluding hydrogens is 558 g/mol. The summed E-state index contributed by atoms with van der Waals surface area (Å²) in [6.07, 6.45) is 2.81. The Kier molecular flexibility index (Phi) is 13.0. The van der Waals surface area contributed by atoms with E-state index >= 15 is 0 Å². The number of benzene rings is 1. The highest BCUT2D eigenvalue weighted by Crippen LogP contribution is 2.38. The molecule has 2 N–H and O–H groups in total. The number of fused-ring (bicyclic) bond motifs is 5. The van der Waals surface area contributed by atoms with Crippen molar-refractivity contribution in [3.05, 3.63) is 17.7 Å². The van der Waals surface area contributed by atoms with Gasteiger partial charge in [0.2, 0.25) is 11.7 Å². The molecule has 0 spiro atoms. The number of hydrogen-bond donors (Lipinski definition) is 2. The van der Waals surface area contributed by atoms with Gasteiger partial charge in [-0.3, -0.25) is 9.59 Å². The molecule has 0 aliphatic carbocycles. The van der Waals surface area contributed by atoms with E-state index in [0.29, 0.717) is 81.5 Å². The molecule has 43 heavy (non-hydrogen) atoms. The monoisotopic (exact) mass is 605 g/mol. The van der Waals surface area contributed by atoms with Crippen LogP contribution in [0.3, 0.4) is 0 Å². The van der Waals surface area contributed by atoms with Crippen molar-refractivity contribution >= 4 is 17.9 Å². The van der Waals surface area contributed by atoms with Crippen LogP contribution < -0.4 is 24.8 Å². The van der Waals surface area contributed by atoms with Crippen molar-refractivity contribution in [2.75, 3.05) is 99.5 Å². The van der Waals surface area contributed by atoms with Crippen LogP contribution in [0.1, 0.15) is 42.5 Å². The second-order valence-electron chi connectivity index (χ2n) is 11.0. The van der Waals surface area contributed by atoms with E-state index in [1.54, 1.807) is 17.0 Å². The Hall–Kier alpha value is -3.29. The molecule has 1 aromatic rings. The van der Waals surface area contributed by atoms with Crippen molar-refractivity contribution in [1.29, 1.82) is 0 Å². The summed E-state index contributed by atoms with van der Waals surface area (Å²) in [7, 11) is 3.05. The van der Waals surface area contributed by atoms with Crippen molar-refractivity contribution in [2.45, 2.75) is 38.2 Å². The van der Waals surface area contributed by atoms with Gasteiger partial charge < -0.3 is 49.0 Å². The van der Waals surface area contributed by atoms with Crippen molar-refractivity contribution in [3.8, 4) is 17.2 Å². The molecule has 0 aromatic heterocycles. The van der Waals surface area contributed by atoms with Gasteiger partial charge in [0.25, 0.3) is 5.91 Å². The molecule has 2 saturated heterocycles. The highest BCUT2D eigenvalue weighted by atomic mass is 16.6. The van der Waals surface area contributed by atoms with E-state index in [2.05, 4.69) is 20.4 Å². The van der Waals surface area contributed by atoms with E-state index in [0.717, 1.165) is 52.1 Å². The Balaban J connectivity index is 1.41. The first-order valence-electron chi connectivity index (χ1n) is 15.4. The summed E-state index contributed by atoms with van der Waals surface area (Å²) in [5.41, 5.74) is 0.431. The Morgan fingerprint density at radius 3 is 2.40 bits per heavy atom. The van der Waals surface area contributed by atoms with Gasteiger partial charge in [0, 0.05) is 44.8 Å². The van der Waals surface area contributed by atoms with Gasteiger partial charge in [-0.2, -0.15) is 0 Å². The fourth-order valence-corrected chi connectivity index (χ4v) is 5.59. The maximum atomic E-state index is 13.0. The molecule has 3 aliphatic heterocycles. The molecule has 4 bridgehead atoms. The predicted octanol–water partition coefficient (Wildman–Crippen LogP) is 1.35. The van der Waals surface area contributed by atoms with Gasteiger partial charge in [-0.15, -0.1) is 0 Å². The first-order valence-corrected chi connectivity index (χ1v) is 15.4. The number of nitrogens with one attached hydrogen (secondary N) is 2. The maximum absolute atomic E-state index is 13.0. The summed E-state index contributed by atoms with van der Waals surface area (Å²) < 4.78 is 28.2. The molecule has 4 rings (SSSR count). The molecule has 3 amide bonds. The van der Waals surface area contributed by atoms with E-state index in [9.17, 15) is 14.4 Å². The number of ether oxygens (including phenoxy) is 5. The quantitative estimate of drug-likeness (QED) is 0.507. The van der Waals surface area contributed by atoms with Crippen molar-refractivity contribution in [2.24, 2.45) is 0 Å². The molecule has 13 nitrogen and oxygen atoms in total. The summed E-state index contributed by atoms with van der Waals surface area (Å²) in [6.45, 7) is 8.45. The molecule has 3 unspecified atom stereocenters. The Bertz CT molecular complexity index is 1070. The van der Waals surface area contributed by atoms with Gasteiger partial charge in [-0.25, -0.2) is 4.79 Å². The van der Waals surface area contributed by atoms with E-state index < -0.39 is 6.09 Å². The number of morpholine rings is 1. The number of methoxy groups -OCH3 is 2. The van der Waals surface area contributed by atoms with Crippen LogP contribution in [-0.4, -0.2) is 138 Å². The molecule has 1 aromatic carbocycles. The molecule has 3 aliphatic rings. The van der Waals surface area contributed by atoms with Gasteiger partial charge >= 0.3 is 6.09 Å². The number of rotatable bonds is 5. The fourth-order valence-electron chi connectivity index (χ4n) is 5.59. The van der Waals surface area contributed by atoms with Crippen LogP contribution in [0.2, 0.25) is 0 Å². The van der Waals surface area contributed by atoms with Crippen LogP contribution in [0, 0.1) is 0 Å². The molecule has 3 heterocycles. The third kappa shape index (κ3) is 10.1. The molecule has 2 fully saturated rings. The zero-order valence-electron chi connectivity index (χ0n) is 25.6. The van der Waals surface area contributed by atoms with Crippen LogP contribution in [0.25, 0.3) is 0 Å². The smallest absolute Gasteiger partial charge is 0.407 e. The molecule has 13 heteroatoms. The molecule has 0 radical (unpaired) electrons. The third-order valence-electron chi connectivity index (χ3n) is 8.04. The van der Waals surface area contributed by atoms with E-state index in [1.807, 2.05) is 0 Å². The van der Waals surface area contributed by atoms with Crippen LogP contribution in [0.5, 0.6) is 17.2 Å². The number of alkyl carbamates (subject to hydrolysis) is 1. The molecule has 0 saturated carbocycles. The topological polar surface area (TPSA) is 131 Å². The lowest BCUT2D eigenvalue weighted by atomic mass is 10.1. The van der Waals surface area contributed by atoms with Crippen molar-refractivity contribution < 1.29 is 38.1 Å². The lowest BCUT2D eigenvalue weighted by Gasteiger charge is -2.27. The minimum absolute atomic E-state index is 0.109. The zero-order chi connectivity index (χ0) is 30.4. The highest BCUT2D eigenvalue weighted by molar-refractivity contribution is 5.95. The van der Waals surface area contributed by atoms with Crippen molar-refractivity contribution in [3.63, 3.8) is 0 Å². The second-order valence-corrected chi connectivity index (χ2v) is 11.0. The van der Waals surface area contributed by atoms with Crippen molar-refractivity contribution in [1.82, 2.24) is 25.3 Å². The number of nitrogens with zero attached hydrogens (tertiary/aromatic N) is 3. The average molecular weight is 606 g/mol. The summed E-state index contributed by atoms with van der Waals surface area (Å²) in [5, 5.41) is 5.65. The maximum Gasteiger partial charge on any atom is 0.407 e. The normalized spacial score (nSPS) is 24.2. The first kappa shape index (κ1) is 32.6. The largest absolute Gasteiger partial charge is 0.493 e. The fraction of sp³-hybridized carbons (Fsp3) is 0.700. The van der Waals surface area contributed by atoms with E-state index in [4.69, 9.17) is 23.7 Å². The summed E-state index contributed by atoms with van der Waals surface area (Å²) in [4.78, 5) is 44.7. The predicted molar refractivity (Wildman–Crippen MR) is 159 cm³/mol. The van der Waals surface area contributed by atoms with Gasteiger partial charge in [0.1, 0.15) is 12.6 Å². The number of carbonyl (C=O) groups is 3. The van der Waals surface area contributed by atoms with Crippen LogP contribution in [0.4, 0.5) is 4.79 Å².